The predicted octanol–water partition coefficient (Wildman–Crippen LogP) is 17.7. The van der Waals surface area contributed by atoms with E-state index in [1.54, 1.807) is 0 Å². The van der Waals surface area contributed by atoms with Crippen LogP contribution in [0.25, 0.3) is 0 Å². The zero-order valence-electron chi connectivity index (χ0n) is 53.5. The fourth-order valence-electron chi connectivity index (χ4n) is 9.53. The number of hydrogen-bond acceptors (Lipinski definition) is 15. The first-order chi connectivity index (χ1) is 39.9. The molecule has 0 aromatic carbocycles. The van der Waals surface area contributed by atoms with Crippen molar-refractivity contribution in [3.05, 3.63) is 0 Å². The van der Waals surface area contributed by atoms with Gasteiger partial charge in [0.25, 0.3) is 0 Å². The van der Waals surface area contributed by atoms with Crippen LogP contribution in [0.2, 0.25) is 0 Å². The number of hydrogen-bond donors (Lipinski definition) is 3. The number of phosphoric acid groups is 2. The van der Waals surface area contributed by atoms with Crippen molar-refractivity contribution < 1.29 is 80.2 Å². The molecular weight excluding hydrogens is 1100 g/mol. The van der Waals surface area contributed by atoms with E-state index in [2.05, 4.69) is 41.5 Å². The first kappa shape index (κ1) is 81.1. The summed E-state index contributed by atoms with van der Waals surface area (Å²) < 4.78 is 67.8. The molecule has 0 aliphatic heterocycles. The maximum absolute atomic E-state index is 13.0. The molecule has 19 heteroatoms. The number of phosphoric ester groups is 2. The Bertz CT molecular complexity index is 1630. The maximum atomic E-state index is 13.0. The first-order valence-electron chi connectivity index (χ1n) is 33.5. The molecule has 0 aliphatic carbocycles. The number of rotatable bonds is 63. The molecule has 17 nitrogen and oxygen atoms in total. The SMILES string of the molecule is CCCCCCCCCCCCCC(=O)OC[C@H](COP(=O)(O)OC[C@@H](O)COP(=O)(O)OC[C@@H](COC(=O)CCCCCCC)OC(=O)CCCCCCCCC(C)C)OC(=O)CCCCCCCCCCCCCCCCCC(C)C. The highest BCUT2D eigenvalue weighted by atomic mass is 31.2. The second kappa shape index (κ2) is 56.6. The molecule has 0 aromatic heterocycles. The van der Waals surface area contributed by atoms with Gasteiger partial charge in [-0.25, -0.2) is 9.13 Å². The summed E-state index contributed by atoms with van der Waals surface area (Å²) in [6, 6.07) is 0. The van der Waals surface area contributed by atoms with E-state index in [1.165, 1.54) is 128 Å². The van der Waals surface area contributed by atoms with Crippen molar-refractivity contribution in [2.75, 3.05) is 39.6 Å². The minimum Gasteiger partial charge on any atom is -0.462 e. The molecule has 492 valence electrons. The van der Waals surface area contributed by atoms with Crippen molar-refractivity contribution in [2.24, 2.45) is 11.8 Å². The van der Waals surface area contributed by atoms with Crippen molar-refractivity contribution in [1.29, 1.82) is 0 Å². The van der Waals surface area contributed by atoms with Gasteiger partial charge in [0, 0.05) is 25.7 Å². The lowest BCUT2D eigenvalue weighted by molar-refractivity contribution is -0.161. The summed E-state index contributed by atoms with van der Waals surface area (Å²) in [5.41, 5.74) is 0. The van der Waals surface area contributed by atoms with E-state index < -0.39 is 97.5 Å². The van der Waals surface area contributed by atoms with Crippen LogP contribution in [-0.2, 0) is 65.4 Å². The van der Waals surface area contributed by atoms with E-state index in [9.17, 15) is 43.2 Å². The average molecular weight is 1230 g/mol. The summed E-state index contributed by atoms with van der Waals surface area (Å²) >= 11 is 0. The second-order valence-corrected chi connectivity index (χ2v) is 27.0. The minimum absolute atomic E-state index is 0.101. The highest BCUT2D eigenvalue weighted by Gasteiger charge is 2.30. The molecule has 0 aliphatic rings. The number of aliphatic hydroxyl groups is 1. The number of ether oxygens (including phenoxy) is 4. The van der Waals surface area contributed by atoms with Crippen LogP contribution >= 0.6 is 15.6 Å². The zero-order valence-corrected chi connectivity index (χ0v) is 55.3. The summed E-state index contributed by atoms with van der Waals surface area (Å²) in [5, 5.41) is 10.5. The van der Waals surface area contributed by atoms with Crippen LogP contribution in [0.1, 0.15) is 318 Å². The van der Waals surface area contributed by atoms with Crippen LogP contribution in [0.4, 0.5) is 0 Å². The number of esters is 4. The third-order valence-electron chi connectivity index (χ3n) is 14.7. The highest BCUT2D eigenvalue weighted by Crippen LogP contribution is 2.45. The Morgan fingerprint density at radius 3 is 0.819 bits per heavy atom. The van der Waals surface area contributed by atoms with Gasteiger partial charge in [0.15, 0.2) is 12.2 Å². The fourth-order valence-corrected chi connectivity index (χ4v) is 11.1. The van der Waals surface area contributed by atoms with Gasteiger partial charge in [-0.3, -0.25) is 37.3 Å². The third kappa shape index (κ3) is 58.8. The van der Waals surface area contributed by atoms with Gasteiger partial charge in [0.2, 0.25) is 0 Å². The molecule has 0 spiro atoms. The number of carbonyl (C=O) groups excluding carboxylic acids is 4. The van der Waals surface area contributed by atoms with Crippen LogP contribution in [0.3, 0.4) is 0 Å². The molecule has 0 bridgehead atoms. The van der Waals surface area contributed by atoms with Gasteiger partial charge in [-0.05, 0) is 37.5 Å². The van der Waals surface area contributed by atoms with Crippen LogP contribution in [0.5, 0.6) is 0 Å². The molecular formula is C64H124O17P2. The molecule has 83 heavy (non-hydrogen) atoms. The summed E-state index contributed by atoms with van der Waals surface area (Å²) in [5.74, 6) is -0.675. The Kier molecular flexibility index (Phi) is 55.2. The summed E-state index contributed by atoms with van der Waals surface area (Å²) in [4.78, 5) is 71.9. The van der Waals surface area contributed by atoms with Crippen molar-refractivity contribution in [1.82, 2.24) is 0 Å². The van der Waals surface area contributed by atoms with E-state index in [-0.39, 0.29) is 25.7 Å². The van der Waals surface area contributed by atoms with Gasteiger partial charge in [0.1, 0.15) is 19.3 Å². The van der Waals surface area contributed by atoms with Crippen LogP contribution < -0.4 is 0 Å². The maximum Gasteiger partial charge on any atom is 0.472 e. The Morgan fingerprint density at radius 1 is 0.325 bits per heavy atom. The highest BCUT2D eigenvalue weighted by molar-refractivity contribution is 7.47. The standard InChI is InChI=1S/C64H124O17P2/c1-7-9-11-13-14-15-21-25-28-35-41-47-62(67)75-53-60(80-63(68)48-42-36-29-26-23-20-18-16-17-19-22-24-27-33-38-44-56(3)4)55-79-83(72,73)77-51-58(65)50-76-82(70,71)78-54-59(52-74-61(66)46-40-32-12-10-8-2)81-64(69)49-43-37-31-30-34-39-45-57(5)6/h56-60,65H,7-55H2,1-6H3,(H,70,71)(H,72,73)/t58-,59+,60+/m0/s1. The number of unbranched alkanes of at least 4 members (excludes halogenated alkanes) is 33. The van der Waals surface area contributed by atoms with Crippen molar-refractivity contribution in [3.63, 3.8) is 0 Å². The van der Waals surface area contributed by atoms with Crippen LogP contribution in [-0.4, -0.2) is 96.7 Å². The lowest BCUT2D eigenvalue weighted by Gasteiger charge is -2.21. The van der Waals surface area contributed by atoms with Gasteiger partial charge in [-0.1, -0.05) is 266 Å². The number of carbonyl (C=O) groups is 4. The lowest BCUT2D eigenvalue weighted by Crippen LogP contribution is -2.30. The summed E-state index contributed by atoms with van der Waals surface area (Å²) in [7, 11) is -9.88. The Morgan fingerprint density at radius 2 is 0.554 bits per heavy atom. The average Bonchev–Trinajstić information content (AvgIpc) is 3.45. The Labute approximate surface area is 505 Å². The van der Waals surface area contributed by atoms with E-state index in [0.717, 1.165) is 102 Å². The molecule has 0 saturated heterocycles. The first-order valence-corrected chi connectivity index (χ1v) is 36.5. The normalized spacial score (nSPS) is 14.3. The molecule has 0 rings (SSSR count). The van der Waals surface area contributed by atoms with Gasteiger partial charge >= 0.3 is 39.5 Å². The van der Waals surface area contributed by atoms with E-state index in [4.69, 9.17) is 37.0 Å². The molecule has 0 fully saturated rings. The van der Waals surface area contributed by atoms with Gasteiger partial charge in [-0.15, -0.1) is 0 Å². The molecule has 0 amide bonds. The summed E-state index contributed by atoms with van der Waals surface area (Å²) in [6.45, 7) is 9.34. The number of aliphatic hydroxyl groups excluding tert-OH is 1. The summed E-state index contributed by atoms with van der Waals surface area (Å²) in [6.07, 6.45) is 39.5. The third-order valence-corrected chi connectivity index (χ3v) is 16.6. The van der Waals surface area contributed by atoms with Crippen molar-refractivity contribution in [2.45, 2.75) is 336 Å². The fraction of sp³-hybridized carbons (Fsp3) is 0.938. The molecule has 3 N–H and O–H groups in total. The topological polar surface area (TPSA) is 237 Å². The van der Waals surface area contributed by atoms with Crippen LogP contribution in [0.15, 0.2) is 0 Å². The van der Waals surface area contributed by atoms with Crippen molar-refractivity contribution in [3.8, 4) is 0 Å². The molecule has 0 radical (unpaired) electrons. The van der Waals surface area contributed by atoms with Gasteiger partial charge in [0.05, 0.1) is 26.4 Å². The van der Waals surface area contributed by atoms with Crippen LogP contribution in [0, 0.1) is 11.8 Å². The van der Waals surface area contributed by atoms with Gasteiger partial charge in [-0.2, -0.15) is 0 Å². The zero-order chi connectivity index (χ0) is 61.5. The quantitative estimate of drug-likeness (QED) is 0.0222. The molecule has 2 unspecified atom stereocenters. The van der Waals surface area contributed by atoms with E-state index in [0.29, 0.717) is 31.6 Å². The second-order valence-electron chi connectivity index (χ2n) is 24.1. The van der Waals surface area contributed by atoms with E-state index in [1.807, 2.05) is 0 Å². The molecule has 0 saturated carbocycles. The molecule has 0 heterocycles. The Hall–Kier alpha value is -1.94. The van der Waals surface area contributed by atoms with Gasteiger partial charge < -0.3 is 33.8 Å². The minimum atomic E-state index is -4.94. The lowest BCUT2D eigenvalue weighted by atomic mass is 10.0. The monoisotopic (exact) mass is 1230 g/mol. The largest absolute Gasteiger partial charge is 0.472 e. The van der Waals surface area contributed by atoms with E-state index >= 15 is 0 Å². The molecule has 5 atom stereocenters. The molecule has 0 aromatic rings. The Balaban J connectivity index is 5.13. The predicted molar refractivity (Wildman–Crippen MR) is 331 cm³/mol. The smallest absolute Gasteiger partial charge is 0.462 e. The van der Waals surface area contributed by atoms with Crippen molar-refractivity contribution >= 4 is 39.5 Å².